The Labute approximate surface area is 118 Å². The maximum atomic E-state index is 12.1. The predicted molar refractivity (Wildman–Crippen MR) is 78.5 cm³/mol. The molecule has 1 aromatic rings. The molecule has 108 valence electrons. The minimum atomic E-state index is -3.58. The van der Waals surface area contributed by atoms with Crippen LogP contribution in [0.25, 0.3) is 0 Å². The first-order valence-corrected chi connectivity index (χ1v) is 8.72. The minimum absolute atomic E-state index is 0.0314. The van der Waals surface area contributed by atoms with Crippen molar-refractivity contribution in [3.05, 3.63) is 12.4 Å². The molecule has 1 aromatic heterocycles. The molecule has 0 spiro atoms. The molecule has 1 rings (SSSR count). The highest BCUT2D eigenvalue weighted by Crippen LogP contribution is 2.29. The molecule has 0 aromatic carbocycles. The molecule has 0 aliphatic rings. The predicted octanol–water partition coefficient (Wildman–Crippen LogP) is 1.26. The molecule has 0 saturated heterocycles. The molecule has 0 unspecified atom stereocenters. The number of thioether (sulfide) groups is 1. The van der Waals surface area contributed by atoms with E-state index in [4.69, 9.17) is 5.73 Å². The average Bonchev–Trinajstić information content (AvgIpc) is 2.41. The van der Waals surface area contributed by atoms with Gasteiger partial charge < -0.3 is 5.73 Å². The zero-order valence-corrected chi connectivity index (χ0v) is 13.0. The van der Waals surface area contributed by atoms with Gasteiger partial charge in [-0.3, -0.25) is 0 Å². The number of rotatable bonds is 7. The second-order valence-electron chi connectivity index (χ2n) is 4.20. The summed E-state index contributed by atoms with van der Waals surface area (Å²) >= 11 is 1.68. The van der Waals surface area contributed by atoms with Crippen molar-refractivity contribution in [1.82, 2.24) is 14.7 Å². The molecule has 0 aliphatic heterocycles. The van der Waals surface area contributed by atoms with E-state index in [-0.39, 0.29) is 15.6 Å². The van der Waals surface area contributed by atoms with E-state index < -0.39 is 10.0 Å². The standard InChI is InChI=1S/C11H20N4O2S2/c1-4-11(5-2,18-3)8-15-19(16,17)9-6-13-10(12)14-7-9/h6-7,15H,4-5,8H2,1-3H3,(H2,12,13,14). The van der Waals surface area contributed by atoms with Gasteiger partial charge in [0.2, 0.25) is 16.0 Å². The number of anilines is 1. The maximum Gasteiger partial charge on any atom is 0.243 e. The van der Waals surface area contributed by atoms with Crippen LogP contribution in [-0.2, 0) is 10.0 Å². The van der Waals surface area contributed by atoms with Gasteiger partial charge in [-0.25, -0.2) is 23.1 Å². The molecule has 19 heavy (non-hydrogen) atoms. The average molecular weight is 304 g/mol. The highest BCUT2D eigenvalue weighted by atomic mass is 32.2. The van der Waals surface area contributed by atoms with E-state index in [9.17, 15) is 8.42 Å². The Kier molecular flexibility index (Phi) is 5.57. The molecule has 0 radical (unpaired) electrons. The van der Waals surface area contributed by atoms with Gasteiger partial charge in [0, 0.05) is 11.3 Å². The molecule has 3 N–H and O–H groups in total. The van der Waals surface area contributed by atoms with E-state index in [2.05, 4.69) is 28.5 Å². The summed E-state index contributed by atoms with van der Waals surface area (Å²) in [6.45, 7) is 4.50. The van der Waals surface area contributed by atoms with Gasteiger partial charge in [0.15, 0.2) is 0 Å². The van der Waals surface area contributed by atoms with Crippen LogP contribution in [0.3, 0.4) is 0 Å². The number of nitrogen functional groups attached to an aromatic ring is 1. The van der Waals surface area contributed by atoms with Crippen LogP contribution in [0.1, 0.15) is 26.7 Å². The topological polar surface area (TPSA) is 98.0 Å². The van der Waals surface area contributed by atoms with Crippen LogP contribution in [0, 0.1) is 0 Å². The first kappa shape index (κ1) is 16.2. The van der Waals surface area contributed by atoms with Gasteiger partial charge in [-0.2, -0.15) is 11.8 Å². The van der Waals surface area contributed by atoms with Crippen LogP contribution in [0.15, 0.2) is 17.3 Å². The Morgan fingerprint density at radius 2 is 1.84 bits per heavy atom. The van der Waals surface area contributed by atoms with E-state index in [1.54, 1.807) is 11.8 Å². The summed E-state index contributed by atoms with van der Waals surface area (Å²) in [7, 11) is -3.58. The molecule has 0 fully saturated rings. The SMILES string of the molecule is CCC(CC)(CNS(=O)(=O)c1cnc(N)nc1)SC. The number of aromatic nitrogens is 2. The Morgan fingerprint density at radius 1 is 1.32 bits per heavy atom. The third-order valence-corrected chi connectivity index (χ3v) is 6.21. The first-order valence-electron chi connectivity index (χ1n) is 6.01. The molecular weight excluding hydrogens is 284 g/mol. The van der Waals surface area contributed by atoms with E-state index >= 15 is 0 Å². The normalized spacial score (nSPS) is 12.6. The Balaban J connectivity index is 2.83. The molecule has 0 atom stereocenters. The highest BCUT2D eigenvalue weighted by Gasteiger charge is 2.27. The van der Waals surface area contributed by atoms with Crippen LogP contribution >= 0.6 is 11.8 Å². The lowest BCUT2D eigenvalue weighted by Gasteiger charge is -2.29. The summed E-state index contributed by atoms with van der Waals surface area (Å²) in [4.78, 5) is 7.42. The molecule has 6 nitrogen and oxygen atoms in total. The van der Waals surface area contributed by atoms with E-state index in [0.717, 1.165) is 12.8 Å². The van der Waals surface area contributed by atoms with Crippen molar-refractivity contribution in [2.75, 3.05) is 18.5 Å². The van der Waals surface area contributed by atoms with E-state index in [1.165, 1.54) is 12.4 Å². The Hall–Kier alpha value is -0.860. The summed E-state index contributed by atoms with van der Waals surface area (Å²) < 4.78 is 26.7. The zero-order chi connectivity index (χ0) is 14.5. The summed E-state index contributed by atoms with van der Waals surface area (Å²) in [5, 5.41) is 0. The van der Waals surface area contributed by atoms with Gasteiger partial charge in [0.05, 0.1) is 12.4 Å². The fourth-order valence-corrected chi connectivity index (χ4v) is 3.54. The fourth-order valence-electron chi connectivity index (χ4n) is 1.64. The van der Waals surface area contributed by atoms with Crippen LogP contribution in [0.4, 0.5) is 5.95 Å². The molecule has 1 heterocycles. The van der Waals surface area contributed by atoms with Crippen molar-refractivity contribution in [3.63, 3.8) is 0 Å². The van der Waals surface area contributed by atoms with Gasteiger partial charge in [-0.1, -0.05) is 13.8 Å². The van der Waals surface area contributed by atoms with Crippen molar-refractivity contribution >= 4 is 27.7 Å². The quantitative estimate of drug-likeness (QED) is 0.787. The number of nitrogens with zero attached hydrogens (tertiary/aromatic N) is 2. The summed E-state index contributed by atoms with van der Waals surface area (Å²) in [5.74, 6) is 0.0551. The minimum Gasteiger partial charge on any atom is -0.368 e. The third kappa shape index (κ3) is 4.05. The Bertz CT molecular complexity index is 490. The van der Waals surface area contributed by atoms with Gasteiger partial charge in [0.25, 0.3) is 0 Å². The fraction of sp³-hybridized carbons (Fsp3) is 0.636. The van der Waals surface area contributed by atoms with E-state index in [1.807, 2.05) is 6.26 Å². The summed E-state index contributed by atoms with van der Waals surface area (Å²) in [5.41, 5.74) is 5.34. The smallest absolute Gasteiger partial charge is 0.243 e. The van der Waals surface area contributed by atoms with Crippen LogP contribution in [0.2, 0.25) is 0 Å². The zero-order valence-electron chi connectivity index (χ0n) is 11.4. The van der Waals surface area contributed by atoms with Crippen molar-refractivity contribution < 1.29 is 8.42 Å². The van der Waals surface area contributed by atoms with Gasteiger partial charge in [-0.15, -0.1) is 0 Å². The lowest BCUT2D eigenvalue weighted by atomic mass is 10.0. The number of hydrogen-bond donors (Lipinski definition) is 2. The molecule has 0 bridgehead atoms. The second-order valence-corrected chi connectivity index (χ2v) is 7.24. The molecular formula is C11H20N4O2S2. The Morgan fingerprint density at radius 3 is 2.26 bits per heavy atom. The third-order valence-electron chi connectivity index (χ3n) is 3.26. The van der Waals surface area contributed by atoms with Crippen molar-refractivity contribution in [2.24, 2.45) is 0 Å². The van der Waals surface area contributed by atoms with Gasteiger partial charge in [-0.05, 0) is 19.1 Å². The van der Waals surface area contributed by atoms with E-state index in [0.29, 0.717) is 6.54 Å². The lowest BCUT2D eigenvalue weighted by Crippen LogP contribution is -2.39. The van der Waals surface area contributed by atoms with Crippen molar-refractivity contribution in [3.8, 4) is 0 Å². The number of hydrogen-bond acceptors (Lipinski definition) is 6. The van der Waals surface area contributed by atoms with Crippen molar-refractivity contribution in [2.45, 2.75) is 36.3 Å². The number of nitrogens with one attached hydrogen (secondary N) is 1. The first-order chi connectivity index (χ1) is 8.89. The second kappa shape index (κ2) is 6.53. The molecule has 0 amide bonds. The largest absolute Gasteiger partial charge is 0.368 e. The highest BCUT2D eigenvalue weighted by molar-refractivity contribution is 8.00. The molecule has 0 aliphatic carbocycles. The summed E-state index contributed by atoms with van der Waals surface area (Å²) in [6, 6.07) is 0. The number of sulfonamides is 1. The van der Waals surface area contributed by atoms with Crippen LogP contribution in [0.5, 0.6) is 0 Å². The van der Waals surface area contributed by atoms with Gasteiger partial charge in [0.1, 0.15) is 4.90 Å². The van der Waals surface area contributed by atoms with Crippen LogP contribution < -0.4 is 10.5 Å². The maximum absolute atomic E-state index is 12.1. The monoisotopic (exact) mass is 304 g/mol. The van der Waals surface area contributed by atoms with Crippen molar-refractivity contribution in [1.29, 1.82) is 0 Å². The van der Waals surface area contributed by atoms with Crippen LogP contribution in [-0.4, -0.2) is 35.9 Å². The molecule has 8 heteroatoms. The number of nitrogens with two attached hydrogens (primary N) is 1. The lowest BCUT2D eigenvalue weighted by molar-refractivity contribution is 0.521. The van der Waals surface area contributed by atoms with Gasteiger partial charge >= 0.3 is 0 Å². The summed E-state index contributed by atoms with van der Waals surface area (Å²) in [6.07, 6.45) is 6.21. The molecule has 0 saturated carbocycles.